The SMILES string of the molecule is CC=CC1C2CC(CC)C12. The molecule has 2 fully saturated rings. The Morgan fingerprint density at radius 1 is 1.50 bits per heavy atom. The van der Waals surface area contributed by atoms with E-state index >= 15 is 0 Å². The second kappa shape index (κ2) is 2.11. The minimum atomic E-state index is 0.995. The van der Waals surface area contributed by atoms with Crippen LogP contribution in [-0.2, 0) is 0 Å². The van der Waals surface area contributed by atoms with Crippen LogP contribution in [0.5, 0.6) is 0 Å². The van der Waals surface area contributed by atoms with E-state index in [1.807, 2.05) is 0 Å². The first-order valence-corrected chi connectivity index (χ1v) is 4.51. The summed E-state index contributed by atoms with van der Waals surface area (Å²) >= 11 is 0. The van der Waals surface area contributed by atoms with E-state index in [4.69, 9.17) is 0 Å². The molecule has 2 rings (SSSR count). The van der Waals surface area contributed by atoms with Gasteiger partial charge in [-0.25, -0.2) is 0 Å². The lowest BCUT2D eigenvalue weighted by Gasteiger charge is -2.21. The first kappa shape index (κ1) is 6.45. The van der Waals surface area contributed by atoms with Crippen molar-refractivity contribution < 1.29 is 0 Å². The minimum absolute atomic E-state index is 0.995. The lowest BCUT2D eigenvalue weighted by Crippen LogP contribution is -2.13. The molecule has 0 nitrogen and oxygen atoms in total. The lowest BCUT2D eigenvalue weighted by atomic mass is 9.84. The standard InChI is InChI=1S/C10H16/c1-3-5-8-9-6-7(4-2)10(8)9/h3,5,7-10H,4,6H2,1-2H3. The Labute approximate surface area is 63.3 Å². The van der Waals surface area contributed by atoms with Crippen LogP contribution >= 0.6 is 0 Å². The molecule has 0 heterocycles. The van der Waals surface area contributed by atoms with Gasteiger partial charge in [0.05, 0.1) is 0 Å². The summed E-state index contributed by atoms with van der Waals surface area (Å²) in [6, 6.07) is 0. The van der Waals surface area contributed by atoms with Crippen molar-refractivity contribution in [1.29, 1.82) is 0 Å². The molecule has 0 saturated heterocycles. The Kier molecular flexibility index (Phi) is 1.36. The van der Waals surface area contributed by atoms with E-state index in [1.54, 1.807) is 0 Å². The van der Waals surface area contributed by atoms with Crippen LogP contribution in [0.25, 0.3) is 0 Å². The Hall–Kier alpha value is -0.260. The molecule has 0 aromatic carbocycles. The van der Waals surface area contributed by atoms with Gasteiger partial charge in [0.25, 0.3) is 0 Å². The van der Waals surface area contributed by atoms with Crippen LogP contribution in [0.15, 0.2) is 12.2 Å². The van der Waals surface area contributed by atoms with E-state index in [2.05, 4.69) is 26.0 Å². The topological polar surface area (TPSA) is 0 Å². The van der Waals surface area contributed by atoms with Gasteiger partial charge in [0.2, 0.25) is 0 Å². The van der Waals surface area contributed by atoms with Crippen molar-refractivity contribution in [2.24, 2.45) is 23.7 Å². The maximum atomic E-state index is 2.41. The molecular formula is C10H16. The van der Waals surface area contributed by atoms with Crippen LogP contribution in [0, 0.1) is 23.7 Å². The highest BCUT2D eigenvalue weighted by Crippen LogP contribution is 2.66. The maximum absolute atomic E-state index is 2.41. The van der Waals surface area contributed by atoms with E-state index in [9.17, 15) is 0 Å². The van der Waals surface area contributed by atoms with Crippen molar-refractivity contribution >= 4 is 0 Å². The predicted octanol–water partition coefficient (Wildman–Crippen LogP) is 2.85. The molecular weight excluding hydrogens is 120 g/mol. The first-order chi connectivity index (χ1) is 4.88. The summed E-state index contributed by atoms with van der Waals surface area (Å²) in [4.78, 5) is 0. The van der Waals surface area contributed by atoms with Gasteiger partial charge < -0.3 is 0 Å². The Balaban J connectivity index is 1.89. The molecule has 2 aliphatic carbocycles. The van der Waals surface area contributed by atoms with Crippen LogP contribution in [0.4, 0.5) is 0 Å². The van der Waals surface area contributed by atoms with E-state index in [0.717, 1.165) is 23.7 Å². The van der Waals surface area contributed by atoms with Crippen molar-refractivity contribution in [2.75, 3.05) is 0 Å². The first-order valence-electron chi connectivity index (χ1n) is 4.51. The van der Waals surface area contributed by atoms with Crippen LogP contribution in [-0.4, -0.2) is 0 Å². The maximum Gasteiger partial charge on any atom is -0.0168 e. The highest BCUT2D eigenvalue weighted by atomic mass is 14.6. The molecule has 0 aliphatic heterocycles. The van der Waals surface area contributed by atoms with Crippen LogP contribution in [0.1, 0.15) is 26.7 Å². The summed E-state index contributed by atoms with van der Waals surface area (Å²) in [7, 11) is 0. The monoisotopic (exact) mass is 136 g/mol. The summed E-state index contributed by atoms with van der Waals surface area (Å²) in [5.41, 5.74) is 0. The minimum Gasteiger partial charge on any atom is -0.0914 e. The summed E-state index contributed by atoms with van der Waals surface area (Å²) in [6.07, 6.45) is 7.56. The van der Waals surface area contributed by atoms with Crippen molar-refractivity contribution in [3.63, 3.8) is 0 Å². The highest BCUT2D eigenvalue weighted by Gasteiger charge is 2.60. The van der Waals surface area contributed by atoms with Gasteiger partial charge in [-0.1, -0.05) is 25.5 Å². The van der Waals surface area contributed by atoms with Gasteiger partial charge in [0.1, 0.15) is 0 Å². The molecule has 4 atom stereocenters. The molecule has 2 saturated carbocycles. The molecule has 0 amide bonds. The smallest absolute Gasteiger partial charge is 0.0168 e. The average Bonchev–Trinajstić information content (AvgIpc) is 2.38. The summed E-state index contributed by atoms with van der Waals surface area (Å²) in [6.45, 7) is 4.46. The van der Waals surface area contributed by atoms with Gasteiger partial charge in [-0.3, -0.25) is 0 Å². The molecule has 0 aromatic heterocycles. The quantitative estimate of drug-likeness (QED) is 0.512. The van der Waals surface area contributed by atoms with Gasteiger partial charge in [-0.2, -0.15) is 0 Å². The zero-order valence-electron chi connectivity index (χ0n) is 6.88. The van der Waals surface area contributed by atoms with E-state index in [-0.39, 0.29) is 0 Å². The van der Waals surface area contributed by atoms with Gasteiger partial charge in [0, 0.05) is 0 Å². The van der Waals surface area contributed by atoms with Crippen molar-refractivity contribution in [3.8, 4) is 0 Å². The van der Waals surface area contributed by atoms with Crippen LogP contribution in [0.2, 0.25) is 0 Å². The third-order valence-corrected chi connectivity index (χ3v) is 3.35. The van der Waals surface area contributed by atoms with Gasteiger partial charge in [0.15, 0.2) is 0 Å². The molecule has 56 valence electrons. The van der Waals surface area contributed by atoms with Gasteiger partial charge in [-0.15, -0.1) is 0 Å². The Morgan fingerprint density at radius 2 is 2.30 bits per heavy atom. The normalized spacial score (nSPS) is 50.6. The number of rotatable bonds is 2. The predicted molar refractivity (Wildman–Crippen MR) is 43.7 cm³/mol. The molecule has 0 heteroatoms. The second-order valence-electron chi connectivity index (χ2n) is 3.75. The summed E-state index contributed by atoms with van der Waals surface area (Å²) in [5, 5.41) is 0. The fourth-order valence-corrected chi connectivity index (χ4v) is 2.65. The van der Waals surface area contributed by atoms with Gasteiger partial charge >= 0.3 is 0 Å². The van der Waals surface area contributed by atoms with Crippen molar-refractivity contribution in [2.45, 2.75) is 26.7 Å². The highest BCUT2D eigenvalue weighted by molar-refractivity contribution is 5.16. The molecule has 4 unspecified atom stereocenters. The number of allylic oxidation sites excluding steroid dienone is 2. The fraction of sp³-hybridized carbons (Fsp3) is 0.800. The summed E-state index contributed by atoms with van der Waals surface area (Å²) in [5.74, 6) is 4.31. The van der Waals surface area contributed by atoms with Crippen molar-refractivity contribution in [1.82, 2.24) is 0 Å². The molecule has 0 spiro atoms. The second-order valence-corrected chi connectivity index (χ2v) is 3.75. The fourth-order valence-electron chi connectivity index (χ4n) is 2.65. The molecule has 0 bridgehead atoms. The zero-order valence-corrected chi connectivity index (χ0v) is 6.88. The lowest BCUT2D eigenvalue weighted by molar-refractivity contribution is 0.280. The molecule has 0 radical (unpaired) electrons. The summed E-state index contributed by atoms with van der Waals surface area (Å²) < 4.78 is 0. The van der Waals surface area contributed by atoms with E-state index in [0.29, 0.717) is 0 Å². The third kappa shape index (κ3) is 0.680. The average molecular weight is 136 g/mol. The number of hydrogen-bond donors (Lipinski definition) is 0. The number of hydrogen-bond acceptors (Lipinski definition) is 0. The van der Waals surface area contributed by atoms with Crippen molar-refractivity contribution in [3.05, 3.63) is 12.2 Å². The van der Waals surface area contributed by atoms with Crippen LogP contribution in [0.3, 0.4) is 0 Å². The number of fused-ring (bicyclic) bond motifs is 1. The molecule has 0 N–H and O–H groups in total. The van der Waals surface area contributed by atoms with E-state index in [1.165, 1.54) is 12.8 Å². The Bertz CT molecular complexity index is 157. The molecule has 10 heavy (non-hydrogen) atoms. The third-order valence-electron chi connectivity index (χ3n) is 3.35. The molecule has 0 aromatic rings. The van der Waals surface area contributed by atoms with Crippen LogP contribution < -0.4 is 0 Å². The Morgan fingerprint density at radius 3 is 2.80 bits per heavy atom. The van der Waals surface area contributed by atoms with Gasteiger partial charge in [-0.05, 0) is 37.0 Å². The zero-order chi connectivity index (χ0) is 7.14. The largest absolute Gasteiger partial charge is 0.0914 e. The van der Waals surface area contributed by atoms with E-state index < -0.39 is 0 Å². The molecule has 2 aliphatic rings.